The molecule has 7 nitrogen and oxygen atoms in total. The Morgan fingerprint density at radius 2 is 1.85 bits per heavy atom. The van der Waals surface area contributed by atoms with Gasteiger partial charge in [-0.05, 0) is 58.4 Å². The first-order valence-corrected chi connectivity index (χ1v) is 11.1. The maximum Gasteiger partial charge on any atom is 0.341 e. The summed E-state index contributed by atoms with van der Waals surface area (Å²) in [5, 5.41) is 0. The SMILES string of the molecule is CO\C=C(C(=O)OC)/C(C)=C(\C=C\c1ccc2c(c1)OC(C)(C)[C@@H](OCC=C(C)C)CO2)OC. The lowest BCUT2D eigenvalue weighted by Gasteiger charge is -2.31. The van der Waals surface area contributed by atoms with Gasteiger partial charge in [0.1, 0.15) is 29.6 Å². The maximum atomic E-state index is 12.1. The monoisotopic (exact) mass is 472 g/mol. The van der Waals surface area contributed by atoms with Crippen LogP contribution in [-0.4, -0.2) is 52.2 Å². The number of carbonyl (C=O) groups excluding carboxylic acids is 1. The molecule has 0 radical (unpaired) electrons. The van der Waals surface area contributed by atoms with Crippen LogP contribution in [0.3, 0.4) is 0 Å². The van der Waals surface area contributed by atoms with Gasteiger partial charge in [-0.15, -0.1) is 0 Å². The number of esters is 1. The highest BCUT2D eigenvalue weighted by atomic mass is 16.6. The third-order valence-electron chi connectivity index (χ3n) is 5.36. The summed E-state index contributed by atoms with van der Waals surface area (Å²) in [5.74, 6) is 1.28. The molecule has 0 fully saturated rings. The highest BCUT2D eigenvalue weighted by Crippen LogP contribution is 2.36. The second-order valence-electron chi connectivity index (χ2n) is 8.61. The van der Waals surface area contributed by atoms with Gasteiger partial charge in [0.05, 0.1) is 34.2 Å². The predicted molar refractivity (Wildman–Crippen MR) is 132 cm³/mol. The minimum absolute atomic E-state index is 0.232. The summed E-state index contributed by atoms with van der Waals surface area (Å²) in [7, 11) is 4.32. The third-order valence-corrected chi connectivity index (χ3v) is 5.36. The summed E-state index contributed by atoms with van der Waals surface area (Å²) in [4.78, 5) is 12.1. The Labute approximate surface area is 202 Å². The molecule has 1 aliphatic heterocycles. The Morgan fingerprint density at radius 1 is 1.12 bits per heavy atom. The van der Waals surface area contributed by atoms with E-state index in [1.807, 2.05) is 58.0 Å². The number of benzene rings is 1. The minimum atomic E-state index is -0.586. The zero-order valence-corrected chi connectivity index (χ0v) is 21.4. The highest BCUT2D eigenvalue weighted by Gasteiger charge is 2.36. The summed E-state index contributed by atoms with van der Waals surface area (Å²) >= 11 is 0. The zero-order valence-electron chi connectivity index (χ0n) is 21.4. The summed E-state index contributed by atoms with van der Waals surface area (Å²) in [6, 6.07) is 5.70. The molecule has 2 rings (SSSR count). The van der Waals surface area contributed by atoms with E-state index in [1.165, 1.54) is 33.2 Å². The third kappa shape index (κ3) is 7.15. The van der Waals surface area contributed by atoms with Crippen molar-refractivity contribution in [2.45, 2.75) is 46.3 Å². The number of hydrogen-bond donors (Lipinski definition) is 0. The second kappa shape index (κ2) is 12.3. The predicted octanol–water partition coefficient (Wildman–Crippen LogP) is 5.22. The van der Waals surface area contributed by atoms with Crippen molar-refractivity contribution in [3.63, 3.8) is 0 Å². The number of allylic oxidation sites excluding steroid dienone is 2. The molecule has 7 heteroatoms. The van der Waals surface area contributed by atoms with Crippen molar-refractivity contribution < 1.29 is 33.2 Å². The van der Waals surface area contributed by atoms with Crippen molar-refractivity contribution in [2.24, 2.45) is 0 Å². The lowest BCUT2D eigenvalue weighted by atomic mass is 10.0. The van der Waals surface area contributed by atoms with E-state index in [0.29, 0.717) is 36.0 Å². The molecular weight excluding hydrogens is 436 g/mol. The van der Waals surface area contributed by atoms with Crippen LogP contribution in [0.2, 0.25) is 0 Å². The molecule has 0 unspecified atom stereocenters. The van der Waals surface area contributed by atoms with E-state index in [1.54, 1.807) is 13.0 Å². The fourth-order valence-corrected chi connectivity index (χ4v) is 3.29. The maximum absolute atomic E-state index is 12.1. The van der Waals surface area contributed by atoms with Crippen LogP contribution in [0, 0.1) is 0 Å². The van der Waals surface area contributed by atoms with E-state index in [9.17, 15) is 4.79 Å². The van der Waals surface area contributed by atoms with Crippen molar-refractivity contribution in [3.8, 4) is 11.5 Å². The molecule has 34 heavy (non-hydrogen) atoms. The van der Waals surface area contributed by atoms with Crippen LogP contribution in [0.4, 0.5) is 0 Å². The fourth-order valence-electron chi connectivity index (χ4n) is 3.29. The highest BCUT2D eigenvalue weighted by molar-refractivity contribution is 5.93. The smallest absolute Gasteiger partial charge is 0.341 e. The first-order chi connectivity index (χ1) is 16.1. The molecule has 0 bridgehead atoms. The van der Waals surface area contributed by atoms with E-state index in [-0.39, 0.29) is 11.7 Å². The van der Waals surface area contributed by atoms with Gasteiger partial charge < -0.3 is 28.4 Å². The summed E-state index contributed by atoms with van der Waals surface area (Å²) in [6.45, 7) is 10.7. The number of hydrogen-bond acceptors (Lipinski definition) is 7. The van der Waals surface area contributed by atoms with Crippen molar-refractivity contribution in [2.75, 3.05) is 34.5 Å². The molecule has 0 aromatic heterocycles. The Balaban J connectivity index is 2.28. The summed E-state index contributed by atoms with van der Waals surface area (Å²) in [5.41, 5.74) is 2.34. The number of rotatable bonds is 9. The van der Waals surface area contributed by atoms with E-state index < -0.39 is 11.6 Å². The van der Waals surface area contributed by atoms with Crippen molar-refractivity contribution in [3.05, 3.63) is 64.7 Å². The molecule has 1 aliphatic rings. The Morgan fingerprint density at radius 3 is 2.47 bits per heavy atom. The van der Waals surface area contributed by atoms with E-state index in [4.69, 9.17) is 28.4 Å². The minimum Gasteiger partial charge on any atom is -0.503 e. The van der Waals surface area contributed by atoms with Gasteiger partial charge in [0.2, 0.25) is 0 Å². The molecule has 1 atom stereocenters. The van der Waals surface area contributed by atoms with E-state index in [0.717, 1.165) is 5.56 Å². The summed E-state index contributed by atoms with van der Waals surface area (Å²) < 4.78 is 33.7. The lowest BCUT2D eigenvalue weighted by Crippen LogP contribution is -2.45. The first-order valence-electron chi connectivity index (χ1n) is 11.1. The number of methoxy groups -OCH3 is 3. The first kappa shape index (κ1) is 27.1. The molecule has 1 heterocycles. The standard InChI is InChI=1S/C27H36O7/c1-18(2)13-14-32-25-17-33-23-12-10-20(15-24(23)34-27(25,4)5)9-11-22(30-7)19(3)21(16-29-6)26(28)31-8/h9-13,15-16,25H,14,17H2,1-8H3/b11-9+,21-16+,22-19+/t25-/m0/s1. The number of ether oxygens (including phenoxy) is 6. The summed E-state index contributed by atoms with van der Waals surface area (Å²) in [6.07, 6.45) is 6.78. The van der Waals surface area contributed by atoms with Gasteiger partial charge in [0.25, 0.3) is 0 Å². The molecule has 0 amide bonds. The normalized spacial score (nSPS) is 18.0. The van der Waals surface area contributed by atoms with Crippen LogP contribution in [0.1, 0.15) is 40.2 Å². The van der Waals surface area contributed by atoms with Gasteiger partial charge in [-0.1, -0.05) is 23.8 Å². The Bertz CT molecular complexity index is 979. The molecule has 0 spiro atoms. The molecular formula is C27H36O7. The number of carbonyl (C=O) groups is 1. The molecule has 0 saturated carbocycles. The van der Waals surface area contributed by atoms with Gasteiger partial charge in [0.15, 0.2) is 11.5 Å². The molecule has 0 N–H and O–H groups in total. The van der Waals surface area contributed by atoms with Crippen LogP contribution in [0.5, 0.6) is 11.5 Å². The largest absolute Gasteiger partial charge is 0.503 e. The van der Waals surface area contributed by atoms with Crippen LogP contribution in [0.25, 0.3) is 6.08 Å². The van der Waals surface area contributed by atoms with Crippen molar-refractivity contribution in [1.82, 2.24) is 0 Å². The lowest BCUT2D eigenvalue weighted by molar-refractivity contribution is -0.136. The van der Waals surface area contributed by atoms with Crippen LogP contribution in [0.15, 0.2) is 59.1 Å². The second-order valence-corrected chi connectivity index (χ2v) is 8.61. The molecule has 186 valence electrons. The molecule has 0 aliphatic carbocycles. The van der Waals surface area contributed by atoms with Gasteiger partial charge in [-0.3, -0.25) is 0 Å². The fraction of sp³-hybridized carbons (Fsp3) is 0.444. The molecule has 0 saturated heterocycles. The van der Waals surface area contributed by atoms with E-state index in [2.05, 4.69) is 0 Å². The molecule has 1 aromatic rings. The van der Waals surface area contributed by atoms with Crippen molar-refractivity contribution >= 4 is 12.0 Å². The molecule has 1 aromatic carbocycles. The topological polar surface area (TPSA) is 72.5 Å². The average Bonchev–Trinajstić information content (AvgIpc) is 2.91. The van der Waals surface area contributed by atoms with Gasteiger partial charge in [-0.2, -0.15) is 0 Å². The van der Waals surface area contributed by atoms with Crippen LogP contribution >= 0.6 is 0 Å². The van der Waals surface area contributed by atoms with E-state index >= 15 is 0 Å². The van der Waals surface area contributed by atoms with Gasteiger partial charge >= 0.3 is 5.97 Å². The Hall–Kier alpha value is -3.19. The van der Waals surface area contributed by atoms with Gasteiger partial charge in [0, 0.05) is 5.57 Å². The van der Waals surface area contributed by atoms with Crippen LogP contribution in [-0.2, 0) is 23.7 Å². The van der Waals surface area contributed by atoms with Gasteiger partial charge in [-0.25, -0.2) is 4.79 Å². The number of fused-ring (bicyclic) bond motifs is 1. The zero-order chi connectivity index (χ0) is 25.3. The average molecular weight is 473 g/mol. The quantitative estimate of drug-likeness (QED) is 0.160. The Kier molecular flexibility index (Phi) is 9.81. The van der Waals surface area contributed by atoms with Crippen LogP contribution < -0.4 is 9.47 Å². The van der Waals surface area contributed by atoms with Crippen molar-refractivity contribution in [1.29, 1.82) is 0 Å².